The number of carbonyl (C=O) groups is 2. The number of nitrogens with zero attached hydrogens (tertiary/aromatic N) is 1. The topological polar surface area (TPSA) is 113 Å². The third-order valence-corrected chi connectivity index (χ3v) is 3.42. The van der Waals surface area contributed by atoms with Crippen molar-refractivity contribution in [3.8, 4) is 0 Å². The van der Waals surface area contributed by atoms with Gasteiger partial charge in [-0.05, 0) is 36.5 Å². The summed E-state index contributed by atoms with van der Waals surface area (Å²) in [6, 6.07) is 11.8. The molecule has 25 heavy (non-hydrogen) atoms. The molecular weight excluding hydrogens is 344 g/mol. The summed E-state index contributed by atoms with van der Waals surface area (Å²) in [5.74, 6) is -0.822. The van der Waals surface area contributed by atoms with Gasteiger partial charge in [0, 0.05) is 24.7 Å². The number of rotatable bonds is 4. The Morgan fingerprint density at radius 3 is 2.28 bits per heavy atom. The number of nitrogens with one attached hydrogen (secondary N) is 3. The zero-order chi connectivity index (χ0) is 18.4. The van der Waals surface area contributed by atoms with Crippen LogP contribution in [0.2, 0.25) is 0 Å². The molecule has 0 saturated carbocycles. The van der Waals surface area contributed by atoms with Crippen molar-refractivity contribution in [2.45, 2.75) is 0 Å². The summed E-state index contributed by atoms with van der Waals surface area (Å²) in [6.07, 6.45) is 0. The van der Waals surface area contributed by atoms with Gasteiger partial charge < -0.3 is 10.6 Å². The molecule has 0 aliphatic heterocycles. The minimum Gasteiger partial charge on any atom is -0.355 e. The lowest BCUT2D eigenvalue weighted by molar-refractivity contribution is -0.384. The van der Waals surface area contributed by atoms with Crippen LogP contribution in [-0.2, 0) is 0 Å². The first-order valence-corrected chi connectivity index (χ1v) is 7.51. The second kappa shape index (κ2) is 7.97. The zero-order valence-corrected chi connectivity index (χ0v) is 13.9. The molecule has 0 unspecified atom stereocenters. The van der Waals surface area contributed by atoms with Crippen molar-refractivity contribution in [2.24, 2.45) is 0 Å². The summed E-state index contributed by atoms with van der Waals surface area (Å²) < 4.78 is 0. The predicted octanol–water partition coefficient (Wildman–Crippen LogP) is 2.08. The van der Waals surface area contributed by atoms with E-state index in [0.29, 0.717) is 11.3 Å². The molecule has 0 aromatic heterocycles. The van der Waals surface area contributed by atoms with Gasteiger partial charge in [0.25, 0.3) is 17.5 Å². The minimum atomic E-state index is -0.552. The van der Waals surface area contributed by atoms with E-state index in [1.807, 2.05) is 0 Å². The van der Waals surface area contributed by atoms with Crippen molar-refractivity contribution in [3.05, 3.63) is 69.8 Å². The number of hydrogen-bond acceptors (Lipinski definition) is 5. The average Bonchev–Trinajstić information content (AvgIpc) is 2.61. The number of nitro groups is 1. The van der Waals surface area contributed by atoms with Crippen molar-refractivity contribution in [1.29, 1.82) is 0 Å². The number of anilines is 1. The number of para-hydroxylation sites is 1. The molecule has 0 aliphatic rings. The second-order valence-corrected chi connectivity index (χ2v) is 5.25. The van der Waals surface area contributed by atoms with Gasteiger partial charge in [-0.1, -0.05) is 12.1 Å². The molecule has 0 fully saturated rings. The quantitative estimate of drug-likeness (QED) is 0.438. The molecule has 0 aliphatic carbocycles. The Kier molecular flexibility index (Phi) is 5.75. The molecule has 8 nitrogen and oxygen atoms in total. The molecule has 3 N–H and O–H groups in total. The Morgan fingerprint density at radius 1 is 1.04 bits per heavy atom. The Hall–Kier alpha value is -3.33. The molecule has 0 radical (unpaired) electrons. The summed E-state index contributed by atoms with van der Waals surface area (Å²) in [7, 11) is 1.51. The van der Waals surface area contributed by atoms with Gasteiger partial charge in [0.1, 0.15) is 0 Å². The van der Waals surface area contributed by atoms with Crippen LogP contribution in [0.15, 0.2) is 48.5 Å². The van der Waals surface area contributed by atoms with E-state index in [0.717, 1.165) is 0 Å². The highest BCUT2D eigenvalue weighted by Crippen LogP contribution is 2.15. The molecule has 0 bridgehead atoms. The summed E-state index contributed by atoms with van der Waals surface area (Å²) in [5, 5.41) is 18.4. The first-order valence-electron chi connectivity index (χ1n) is 7.10. The van der Waals surface area contributed by atoms with Crippen molar-refractivity contribution >= 4 is 40.5 Å². The van der Waals surface area contributed by atoms with Gasteiger partial charge in [-0.15, -0.1) is 0 Å². The standard InChI is InChI=1S/C16H14N4O4S/c1-17-15(22)12-4-2-3-5-13(12)18-16(25)19-14(21)10-6-8-11(9-7-10)20(23)24/h2-9H,1H3,(H,17,22)(H2,18,19,21,25). The largest absolute Gasteiger partial charge is 0.355 e. The van der Waals surface area contributed by atoms with E-state index in [1.165, 1.54) is 31.3 Å². The van der Waals surface area contributed by atoms with Gasteiger partial charge in [0.2, 0.25) is 0 Å². The number of non-ortho nitro benzene ring substituents is 1. The van der Waals surface area contributed by atoms with Gasteiger partial charge >= 0.3 is 0 Å². The highest BCUT2D eigenvalue weighted by Gasteiger charge is 2.13. The summed E-state index contributed by atoms with van der Waals surface area (Å²) in [5.41, 5.74) is 0.916. The van der Waals surface area contributed by atoms with E-state index >= 15 is 0 Å². The SMILES string of the molecule is CNC(=O)c1ccccc1NC(=S)NC(=O)c1ccc([N+](=O)[O-])cc1. The van der Waals surface area contributed by atoms with Gasteiger partial charge in [-0.2, -0.15) is 0 Å². The van der Waals surface area contributed by atoms with Gasteiger partial charge in [-0.3, -0.25) is 25.0 Å². The molecule has 2 aromatic rings. The van der Waals surface area contributed by atoms with Gasteiger partial charge in [-0.25, -0.2) is 0 Å². The molecule has 0 saturated heterocycles. The predicted molar refractivity (Wildman–Crippen MR) is 96.6 cm³/mol. The number of carbonyl (C=O) groups excluding carboxylic acids is 2. The lowest BCUT2D eigenvalue weighted by atomic mass is 10.1. The molecule has 0 atom stereocenters. The highest BCUT2D eigenvalue weighted by atomic mass is 32.1. The molecule has 2 aromatic carbocycles. The van der Waals surface area contributed by atoms with Crippen molar-refractivity contribution in [3.63, 3.8) is 0 Å². The summed E-state index contributed by atoms with van der Waals surface area (Å²) in [6.45, 7) is 0. The lowest BCUT2D eigenvalue weighted by Crippen LogP contribution is -2.34. The third kappa shape index (κ3) is 4.58. The molecule has 2 rings (SSSR count). The Labute approximate surface area is 148 Å². The first-order chi connectivity index (χ1) is 11.9. The van der Waals surface area contributed by atoms with Crippen LogP contribution >= 0.6 is 12.2 Å². The van der Waals surface area contributed by atoms with E-state index in [4.69, 9.17) is 12.2 Å². The third-order valence-electron chi connectivity index (χ3n) is 3.21. The van der Waals surface area contributed by atoms with Crippen molar-refractivity contribution in [1.82, 2.24) is 10.6 Å². The molecular formula is C16H14N4O4S. The maximum Gasteiger partial charge on any atom is 0.269 e. The number of nitro benzene ring substituents is 1. The first kappa shape index (κ1) is 18.0. The van der Waals surface area contributed by atoms with Gasteiger partial charge in [0.05, 0.1) is 16.2 Å². The van der Waals surface area contributed by atoms with E-state index in [1.54, 1.807) is 24.3 Å². The van der Waals surface area contributed by atoms with Crippen LogP contribution < -0.4 is 16.0 Å². The summed E-state index contributed by atoms with van der Waals surface area (Å²) >= 11 is 5.08. The highest BCUT2D eigenvalue weighted by molar-refractivity contribution is 7.80. The Bertz CT molecular complexity index is 836. The monoisotopic (exact) mass is 358 g/mol. The molecule has 0 spiro atoms. The molecule has 0 heterocycles. The van der Waals surface area contributed by atoms with E-state index in [-0.39, 0.29) is 22.3 Å². The average molecular weight is 358 g/mol. The molecule has 128 valence electrons. The van der Waals surface area contributed by atoms with Crippen LogP contribution in [0.3, 0.4) is 0 Å². The fourth-order valence-corrected chi connectivity index (χ4v) is 2.19. The number of thiocarbonyl (C=S) groups is 1. The molecule has 2 amide bonds. The van der Waals surface area contributed by atoms with Crippen LogP contribution in [-0.4, -0.2) is 28.9 Å². The number of amides is 2. The molecule has 9 heteroatoms. The van der Waals surface area contributed by atoms with Crippen LogP contribution in [0.4, 0.5) is 11.4 Å². The number of benzene rings is 2. The van der Waals surface area contributed by atoms with Crippen LogP contribution in [0.25, 0.3) is 0 Å². The van der Waals surface area contributed by atoms with E-state index < -0.39 is 10.8 Å². The normalized spacial score (nSPS) is 9.80. The zero-order valence-electron chi connectivity index (χ0n) is 13.1. The van der Waals surface area contributed by atoms with E-state index in [2.05, 4.69) is 16.0 Å². The smallest absolute Gasteiger partial charge is 0.269 e. The maximum atomic E-state index is 12.1. The lowest BCUT2D eigenvalue weighted by Gasteiger charge is -2.12. The van der Waals surface area contributed by atoms with Crippen LogP contribution in [0.5, 0.6) is 0 Å². The van der Waals surface area contributed by atoms with Gasteiger partial charge in [0.15, 0.2) is 5.11 Å². The fraction of sp³-hybridized carbons (Fsp3) is 0.0625. The minimum absolute atomic E-state index is 0.000272. The van der Waals surface area contributed by atoms with E-state index in [9.17, 15) is 19.7 Å². The maximum absolute atomic E-state index is 12.1. The Balaban J connectivity index is 2.06. The van der Waals surface area contributed by atoms with Crippen molar-refractivity contribution < 1.29 is 14.5 Å². The number of hydrogen-bond donors (Lipinski definition) is 3. The summed E-state index contributed by atoms with van der Waals surface area (Å²) in [4.78, 5) is 34.0. The van der Waals surface area contributed by atoms with Crippen molar-refractivity contribution in [2.75, 3.05) is 12.4 Å². The van der Waals surface area contributed by atoms with Crippen LogP contribution in [0.1, 0.15) is 20.7 Å². The fourth-order valence-electron chi connectivity index (χ4n) is 1.99. The second-order valence-electron chi connectivity index (χ2n) is 4.84. The van der Waals surface area contributed by atoms with Crippen LogP contribution in [0, 0.1) is 10.1 Å². The Morgan fingerprint density at radius 2 is 1.68 bits per heavy atom.